The molecule has 49 heavy (non-hydrogen) atoms. The Morgan fingerprint density at radius 3 is 1.73 bits per heavy atom. The molecule has 4 nitrogen and oxygen atoms in total. The molecule has 2 aliphatic rings. The van der Waals surface area contributed by atoms with Crippen molar-refractivity contribution in [3.05, 3.63) is 107 Å². The number of benzene rings is 3. The van der Waals surface area contributed by atoms with Gasteiger partial charge in [0, 0.05) is 0 Å². The Bertz CT molecular complexity index is 1320. The van der Waals surface area contributed by atoms with E-state index in [1.807, 2.05) is 42.5 Å². The van der Waals surface area contributed by atoms with Crippen LogP contribution in [0, 0.1) is 11.8 Å². The van der Waals surface area contributed by atoms with Crippen molar-refractivity contribution >= 4 is 5.97 Å². The van der Waals surface area contributed by atoms with Gasteiger partial charge in [0.15, 0.2) is 6.10 Å². The van der Waals surface area contributed by atoms with Crippen LogP contribution in [0.4, 0.5) is 0 Å². The fourth-order valence-corrected chi connectivity index (χ4v) is 8.16. The van der Waals surface area contributed by atoms with Gasteiger partial charge >= 0.3 is 5.97 Å². The third-order valence-electron chi connectivity index (χ3n) is 11.4. The van der Waals surface area contributed by atoms with Gasteiger partial charge in [-0.1, -0.05) is 138 Å². The van der Waals surface area contributed by atoms with Gasteiger partial charge in [-0.2, -0.15) is 0 Å². The summed E-state index contributed by atoms with van der Waals surface area (Å²) in [4.78, 5) is 24.7. The highest BCUT2D eigenvalue weighted by molar-refractivity contribution is 5.89. The Hall–Kier alpha value is -2.95. The molecule has 5 rings (SSSR count). The SMILES string of the molecule is CCCCCCC1CCC(c2ccc(C(=O)OCC(OOCc3ccc(C4CCC(CCCCC)CC4)cc3)c3ccccc3)cc2)CC1. The number of unbranched alkanes of at least 4 members (excludes halogenated alkanes) is 5. The van der Waals surface area contributed by atoms with Crippen LogP contribution in [0.2, 0.25) is 0 Å². The number of esters is 1. The summed E-state index contributed by atoms with van der Waals surface area (Å²) in [6.45, 7) is 4.98. The number of rotatable bonds is 19. The minimum Gasteiger partial charge on any atom is -0.459 e. The van der Waals surface area contributed by atoms with Crippen molar-refractivity contribution in [2.24, 2.45) is 11.8 Å². The summed E-state index contributed by atoms with van der Waals surface area (Å²) in [6, 6.07) is 26.8. The van der Waals surface area contributed by atoms with Gasteiger partial charge in [0.2, 0.25) is 0 Å². The van der Waals surface area contributed by atoms with Crippen molar-refractivity contribution < 1.29 is 19.3 Å². The van der Waals surface area contributed by atoms with E-state index >= 15 is 0 Å². The average molecular weight is 667 g/mol. The van der Waals surface area contributed by atoms with Crippen LogP contribution in [0.15, 0.2) is 78.9 Å². The summed E-state index contributed by atoms with van der Waals surface area (Å²) in [5.41, 5.74) is 5.34. The quantitative estimate of drug-likeness (QED) is 0.0553. The first kappa shape index (κ1) is 37.3. The molecule has 1 atom stereocenters. The number of carbonyl (C=O) groups excluding carboxylic acids is 1. The van der Waals surface area contributed by atoms with Gasteiger partial charge in [0.1, 0.15) is 13.2 Å². The normalized spacial score (nSPS) is 21.7. The molecule has 2 fully saturated rings. The van der Waals surface area contributed by atoms with Crippen LogP contribution in [0.25, 0.3) is 0 Å². The van der Waals surface area contributed by atoms with Crippen molar-refractivity contribution in [3.8, 4) is 0 Å². The largest absolute Gasteiger partial charge is 0.459 e. The Morgan fingerprint density at radius 2 is 1.16 bits per heavy atom. The Balaban J connectivity index is 1.05. The molecule has 2 aliphatic carbocycles. The van der Waals surface area contributed by atoms with E-state index in [-0.39, 0.29) is 12.6 Å². The molecule has 0 saturated heterocycles. The van der Waals surface area contributed by atoms with Crippen molar-refractivity contribution in [2.45, 2.75) is 148 Å². The Labute approximate surface area is 297 Å². The molecule has 0 spiro atoms. The molecule has 0 amide bonds. The first-order chi connectivity index (χ1) is 24.1. The van der Waals surface area contributed by atoms with Crippen molar-refractivity contribution in [1.82, 2.24) is 0 Å². The maximum atomic E-state index is 13.1. The number of carbonyl (C=O) groups is 1. The minimum atomic E-state index is -0.520. The zero-order chi connectivity index (χ0) is 34.1. The molecule has 3 aromatic rings. The van der Waals surface area contributed by atoms with Gasteiger partial charge < -0.3 is 4.74 Å². The summed E-state index contributed by atoms with van der Waals surface area (Å²) in [5.74, 6) is 2.76. The molecule has 0 radical (unpaired) electrons. The van der Waals surface area contributed by atoms with Gasteiger partial charge in [-0.3, -0.25) is 0 Å². The van der Waals surface area contributed by atoms with E-state index in [0.717, 1.165) is 23.0 Å². The van der Waals surface area contributed by atoms with Gasteiger partial charge in [-0.25, -0.2) is 14.6 Å². The lowest BCUT2D eigenvalue weighted by molar-refractivity contribution is -0.340. The van der Waals surface area contributed by atoms with E-state index < -0.39 is 6.10 Å². The summed E-state index contributed by atoms with van der Waals surface area (Å²) in [7, 11) is 0. The van der Waals surface area contributed by atoms with E-state index in [1.165, 1.54) is 120 Å². The second-order valence-corrected chi connectivity index (χ2v) is 15.0. The lowest BCUT2D eigenvalue weighted by Crippen LogP contribution is -2.16. The molecule has 266 valence electrons. The lowest BCUT2D eigenvalue weighted by Gasteiger charge is -2.29. The monoisotopic (exact) mass is 666 g/mol. The average Bonchev–Trinajstić information content (AvgIpc) is 3.16. The zero-order valence-electron chi connectivity index (χ0n) is 30.5. The highest BCUT2D eigenvalue weighted by atomic mass is 17.2. The highest BCUT2D eigenvalue weighted by Gasteiger charge is 2.24. The van der Waals surface area contributed by atoms with Crippen LogP contribution >= 0.6 is 0 Å². The number of hydrogen-bond acceptors (Lipinski definition) is 4. The van der Waals surface area contributed by atoms with Crippen LogP contribution in [0.1, 0.15) is 174 Å². The van der Waals surface area contributed by atoms with Gasteiger partial charge in [0.05, 0.1) is 5.56 Å². The number of hydrogen-bond donors (Lipinski definition) is 0. The molecule has 3 aromatic carbocycles. The first-order valence-electron chi connectivity index (χ1n) is 19.8. The summed E-state index contributed by atoms with van der Waals surface area (Å²) in [6.07, 6.45) is 22.3. The second kappa shape index (κ2) is 20.7. The second-order valence-electron chi connectivity index (χ2n) is 15.0. The van der Waals surface area contributed by atoms with Crippen LogP contribution in [0.5, 0.6) is 0 Å². The molecule has 0 bridgehead atoms. The van der Waals surface area contributed by atoms with Crippen molar-refractivity contribution in [1.29, 1.82) is 0 Å². The first-order valence-corrected chi connectivity index (χ1v) is 19.8. The Morgan fingerprint density at radius 1 is 0.633 bits per heavy atom. The smallest absolute Gasteiger partial charge is 0.338 e. The van der Waals surface area contributed by atoms with Crippen LogP contribution in [0.3, 0.4) is 0 Å². The molecule has 2 saturated carbocycles. The van der Waals surface area contributed by atoms with Gasteiger partial charge in [0.25, 0.3) is 0 Å². The minimum absolute atomic E-state index is 0.0763. The third kappa shape index (κ3) is 12.1. The highest BCUT2D eigenvalue weighted by Crippen LogP contribution is 2.39. The van der Waals surface area contributed by atoms with Crippen LogP contribution in [-0.2, 0) is 21.1 Å². The van der Waals surface area contributed by atoms with Gasteiger partial charge in [-0.15, -0.1) is 0 Å². The van der Waals surface area contributed by atoms with Gasteiger partial charge in [-0.05, 0) is 109 Å². The molecule has 0 aliphatic heterocycles. The molecule has 0 heterocycles. The van der Waals surface area contributed by atoms with Crippen molar-refractivity contribution in [3.63, 3.8) is 0 Å². The molecule has 1 unspecified atom stereocenters. The van der Waals surface area contributed by atoms with E-state index in [4.69, 9.17) is 14.5 Å². The zero-order valence-corrected chi connectivity index (χ0v) is 30.5. The third-order valence-corrected chi connectivity index (χ3v) is 11.4. The number of ether oxygens (including phenoxy) is 1. The fourth-order valence-electron chi connectivity index (χ4n) is 8.16. The van der Waals surface area contributed by atoms with E-state index in [2.05, 4.69) is 50.2 Å². The molecule has 4 heteroatoms. The van der Waals surface area contributed by atoms with Crippen LogP contribution < -0.4 is 0 Å². The molecule has 0 aromatic heterocycles. The predicted molar refractivity (Wildman–Crippen MR) is 201 cm³/mol. The standard InChI is InChI=1S/C45H62O4/c1-3-5-7-10-14-36-19-25-39(26-20-36)41-29-31-43(32-30-41)45(46)47-34-44(42-15-11-8-12-16-42)49-48-33-37-21-27-40(28-22-37)38-23-17-35(18-24-38)13-9-6-4-2/h8,11-12,15-16,21-22,27-32,35-36,38-39,44H,3-7,9-10,13-14,17-20,23-26,33-34H2,1-2H3. The summed E-state index contributed by atoms with van der Waals surface area (Å²) < 4.78 is 5.78. The molecular formula is C45H62O4. The topological polar surface area (TPSA) is 44.8 Å². The van der Waals surface area contributed by atoms with Crippen molar-refractivity contribution in [2.75, 3.05) is 6.61 Å². The van der Waals surface area contributed by atoms with E-state index in [0.29, 0.717) is 24.0 Å². The maximum Gasteiger partial charge on any atom is 0.338 e. The van der Waals surface area contributed by atoms with E-state index in [9.17, 15) is 4.79 Å². The predicted octanol–water partition coefficient (Wildman–Crippen LogP) is 12.8. The molecule has 0 N–H and O–H groups in total. The molecular weight excluding hydrogens is 604 g/mol. The van der Waals surface area contributed by atoms with E-state index in [1.54, 1.807) is 0 Å². The summed E-state index contributed by atoms with van der Waals surface area (Å²) >= 11 is 0. The van der Waals surface area contributed by atoms with Crippen LogP contribution in [-0.4, -0.2) is 12.6 Å². The Kier molecular flexibility index (Phi) is 15.7. The lowest BCUT2D eigenvalue weighted by atomic mass is 9.77. The summed E-state index contributed by atoms with van der Waals surface area (Å²) in [5, 5.41) is 0. The fraction of sp³-hybridized carbons (Fsp3) is 0.578. The maximum absolute atomic E-state index is 13.1.